The highest BCUT2D eigenvalue weighted by atomic mass is 35.5. The van der Waals surface area contributed by atoms with Crippen LogP contribution in [0.25, 0.3) is 0 Å². The molecule has 0 aromatic carbocycles. The Hall–Kier alpha value is -1.44. The summed E-state index contributed by atoms with van der Waals surface area (Å²) in [6.07, 6.45) is 8.82. The van der Waals surface area contributed by atoms with Crippen molar-refractivity contribution in [2.24, 2.45) is 5.92 Å². The molecule has 6 unspecified atom stereocenters. The number of hydrogen-bond donors (Lipinski definition) is 2. The molecule has 2 heterocycles. The van der Waals surface area contributed by atoms with E-state index in [9.17, 15) is 9.90 Å². The third-order valence-electron chi connectivity index (χ3n) is 6.74. The molecule has 6 atom stereocenters. The lowest BCUT2D eigenvalue weighted by atomic mass is 9.86. The van der Waals surface area contributed by atoms with E-state index < -0.39 is 6.09 Å². The third kappa shape index (κ3) is 5.91. The lowest BCUT2D eigenvalue weighted by Gasteiger charge is -2.32. The molecule has 0 radical (unpaired) electrons. The topological polar surface area (TPSA) is 87.6 Å². The molecule has 7 nitrogen and oxygen atoms in total. The van der Waals surface area contributed by atoms with Crippen molar-refractivity contribution in [3.63, 3.8) is 0 Å². The fourth-order valence-corrected chi connectivity index (χ4v) is 5.28. The second-order valence-corrected chi connectivity index (χ2v) is 9.39. The molecule has 4 rings (SSSR count). The van der Waals surface area contributed by atoms with E-state index in [1.54, 1.807) is 17.3 Å². The lowest BCUT2D eigenvalue weighted by molar-refractivity contribution is -0.00940. The Labute approximate surface area is 198 Å². The van der Waals surface area contributed by atoms with Gasteiger partial charge in [0, 0.05) is 29.9 Å². The summed E-state index contributed by atoms with van der Waals surface area (Å²) in [5.41, 5.74) is 0.104. The van der Waals surface area contributed by atoms with E-state index in [1.807, 2.05) is 27.8 Å². The lowest BCUT2D eigenvalue weighted by Crippen LogP contribution is -2.48. The van der Waals surface area contributed by atoms with Crippen LogP contribution in [0.15, 0.2) is 12.4 Å². The van der Waals surface area contributed by atoms with Crippen LogP contribution in [-0.2, 0) is 10.2 Å². The number of likely N-dealkylation sites (N-methyl/N-ethyl adjacent to an activating group) is 1. The molecule has 1 amide bonds. The van der Waals surface area contributed by atoms with Crippen LogP contribution in [0.5, 0.6) is 0 Å². The number of nitrogens with zero attached hydrogens (tertiary/aromatic N) is 3. The van der Waals surface area contributed by atoms with Crippen LogP contribution >= 0.6 is 11.6 Å². The highest BCUT2D eigenvalue weighted by Gasteiger charge is 2.60. The molecular formula is C24H41ClN4O3. The van der Waals surface area contributed by atoms with E-state index in [4.69, 9.17) is 16.3 Å². The molecule has 8 heteroatoms. The Kier molecular flexibility index (Phi) is 10.2. The van der Waals surface area contributed by atoms with Crippen LogP contribution in [-0.4, -0.2) is 64.0 Å². The number of likely N-dealkylation sites (tertiary alicyclic amines) is 1. The predicted molar refractivity (Wildman–Crippen MR) is 128 cm³/mol. The summed E-state index contributed by atoms with van der Waals surface area (Å²) in [7, 11) is 1.89. The van der Waals surface area contributed by atoms with Crippen LogP contribution in [0.3, 0.4) is 0 Å². The van der Waals surface area contributed by atoms with Crippen molar-refractivity contribution in [3.05, 3.63) is 23.2 Å². The van der Waals surface area contributed by atoms with E-state index >= 15 is 0 Å². The summed E-state index contributed by atoms with van der Waals surface area (Å²) in [6, 6.07) is 0.0215. The van der Waals surface area contributed by atoms with Gasteiger partial charge in [0.2, 0.25) is 0 Å². The van der Waals surface area contributed by atoms with Crippen LogP contribution in [0.4, 0.5) is 4.79 Å². The molecule has 1 aromatic rings. The second-order valence-electron chi connectivity index (χ2n) is 8.96. The average Bonchev–Trinajstić information content (AvgIpc) is 3.42. The molecule has 0 spiro atoms. The molecule has 1 aliphatic heterocycles. The van der Waals surface area contributed by atoms with Crippen molar-refractivity contribution in [3.8, 4) is 0 Å². The minimum absolute atomic E-state index is 0.0121. The van der Waals surface area contributed by atoms with Gasteiger partial charge in [-0.1, -0.05) is 45.7 Å². The van der Waals surface area contributed by atoms with Crippen LogP contribution < -0.4 is 5.32 Å². The van der Waals surface area contributed by atoms with E-state index in [0.29, 0.717) is 17.5 Å². The first-order valence-electron chi connectivity index (χ1n) is 12.1. The summed E-state index contributed by atoms with van der Waals surface area (Å²) in [6.45, 7) is 10.7. The number of halogens is 1. The highest BCUT2D eigenvalue weighted by Crippen LogP contribution is 2.61. The molecule has 2 N–H and O–H groups in total. The monoisotopic (exact) mass is 468 g/mol. The largest absolute Gasteiger partial charge is 0.465 e. The van der Waals surface area contributed by atoms with Gasteiger partial charge in [0.1, 0.15) is 5.82 Å². The summed E-state index contributed by atoms with van der Waals surface area (Å²) in [5.74, 6) is 1.46. The Morgan fingerprint density at radius 1 is 1.31 bits per heavy atom. The molecule has 1 aromatic heterocycles. The van der Waals surface area contributed by atoms with Gasteiger partial charge in [-0.25, -0.2) is 14.8 Å². The van der Waals surface area contributed by atoms with Gasteiger partial charge in [-0.3, -0.25) is 4.90 Å². The van der Waals surface area contributed by atoms with Crippen molar-refractivity contribution in [2.75, 3.05) is 13.7 Å². The maximum atomic E-state index is 11.6. The molecule has 3 fully saturated rings. The number of carboxylic acid groups (broad SMARTS) is 1. The van der Waals surface area contributed by atoms with Crippen molar-refractivity contribution in [2.45, 2.75) is 103 Å². The fraction of sp³-hybridized carbons (Fsp3) is 0.792. The number of ether oxygens (including phenoxy) is 1. The summed E-state index contributed by atoms with van der Waals surface area (Å²) in [5, 5.41) is 13.4. The quantitative estimate of drug-likeness (QED) is 0.622. The van der Waals surface area contributed by atoms with Gasteiger partial charge in [0.15, 0.2) is 0 Å². The normalized spacial score (nSPS) is 32.7. The zero-order valence-corrected chi connectivity index (χ0v) is 21.2. The molecule has 182 valence electrons. The summed E-state index contributed by atoms with van der Waals surface area (Å²) >= 11 is 5.91. The Balaban J connectivity index is 0.000000671. The van der Waals surface area contributed by atoms with Crippen LogP contribution in [0, 0.1) is 5.92 Å². The Morgan fingerprint density at radius 2 is 1.94 bits per heavy atom. The van der Waals surface area contributed by atoms with Gasteiger partial charge in [0.05, 0.1) is 23.8 Å². The zero-order chi connectivity index (χ0) is 23.9. The average molecular weight is 469 g/mol. The molecule has 2 saturated carbocycles. The molecule has 3 aliphatic rings. The van der Waals surface area contributed by atoms with Crippen LogP contribution in [0.2, 0.25) is 5.02 Å². The number of amides is 1. The number of rotatable bonds is 5. The van der Waals surface area contributed by atoms with Crippen molar-refractivity contribution >= 4 is 17.7 Å². The van der Waals surface area contributed by atoms with Gasteiger partial charge in [-0.2, -0.15) is 0 Å². The number of carbonyl (C=O) groups is 1. The smallest absolute Gasteiger partial charge is 0.407 e. The van der Waals surface area contributed by atoms with Gasteiger partial charge >= 0.3 is 6.09 Å². The molecule has 0 bridgehead atoms. The van der Waals surface area contributed by atoms with Gasteiger partial charge in [-0.15, -0.1) is 0 Å². The van der Waals surface area contributed by atoms with Crippen LogP contribution in [0.1, 0.15) is 79.0 Å². The zero-order valence-electron chi connectivity index (χ0n) is 20.5. The first kappa shape index (κ1) is 26.8. The molecule has 1 saturated heterocycles. The molecule has 32 heavy (non-hydrogen) atoms. The third-order valence-corrected chi connectivity index (χ3v) is 6.94. The van der Waals surface area contributed by atoms with E-state index in [-0.39, 0.29) is 29.6 Å². The standard InChI is InChI=1S/C19H27ClN4O3.C3H8.C2H6/c1-11-5-15(21-2)16(24(11)18(25)26)10-27-14-3-4-19(7-12(19)6-14)17-22-8-13(20)9-23-17;1-3-2;1-2/h8-9,11-12,14-16,21H,3-7,10H2,1-2H3,(H,25,26);3H2,1-2H3;1-2H3. The number of hydrogen-bond acceptors (Lipinski definition) is 5. The fourth-order valence-electron chi connectivity index (χ4n) is 5.19. The molecule has 2 aliphatic carbocycles. The minimum atomic E-state index is -0.862. The number of aromatic nitrogens is 2. The minimum Gasteiger partial charge on any atom is -0.465 e. The number of nitrogens with one attached hydrogen (secondary N) is 1. The second kappa shape index (κ2) is 12.1. The number of fused-ring (bicyclic) bond motifs is 1. The van der Waals surface area contributed by atoms with Gasteiger partial charge < -0.3 is 15.2 Å². The SMILES string of the molecule is CC.CCC.CNC1CC(C)N(C(=O)O)C1COC1CCC2(c3ncc(Cl)cn3)CC2C1. The first-order valence-corrected chi connectivity index (χ1v) is 12.5. The molecular weight excluding hydrogens is 428 g/mol. The highest BCUT2D eigenvalue weighted by molar-refractivity contribution is 6.30. The Bertz CT molecular complexity index is 720. The maximum absolute atomic E-state index is 11.6. The summed E-state index contributed by atoms with van der Waals surface area (Å²) < 4.78 is 6.22. The van der Waals surface area contributed by atoms with E-state index in [1.165, 1.54) is 6.42 Å². The first-order chi connectivity index (χ1) is 15.4. The Morgan fingerprint density at radius 3 is 2.47 bits per heavy atom. The van der Waals surface area contributed by atoms with Crippen molar-refractivity contribution < 1.29 is 14.6 Å². The van der Waals surface area contributed by atoms with Gasteiger partial charge in [-0.05, 0) is 52.0 Å². The van der Waals surface area contributed by atoms with Gasteiger partial charge in [0.25, 0.3) is 0 Å². The maximum Gasteiger partial charge on any atom is 0.407 e. The van der Waals surface area contributed by atoms with Crippen molar-refractivity contribution in [1.29, 1.82) is 0 Å². The van der Waals surface area contributed by atoms with E-state index in [2.05, 4.69) is 29.1 Å². The van der Waals surface area contributed by atoms with E-state index in [0.717, 1.165) is 37.9 Å². The summed E-state index contributed by atoms with van der Waals surface area (Å²) in [4.78, 5) is 22.1. The predicted octanol–water partition coefficient (Wildman–Crippen LogP) is 5.13. The van der Waals surface area contributed by atoms with Crippen molar-refractivity contribution in [1.82, 2.24) is 20.2 Å².